The summed E-state index contributed by atoms with van der Waals surface area (Å²) in [5, 5.41) is 1.95. The van der Waals surface area contributed by atoms with E-state index in [-0.39, 0.29) is 11.8 Å². The van der Waals surface area contributed by atoms with Crippen LogP contribution < -0.4 is 4.80 Å². The van der Waals surface area contributed by atoms with Gasteiger partial charge in [0.25, 0.3) is 5.91 Å². The third kappa shape index (κ3) is 1.95. The van der Waals surface area contributed by atoms with E-state index in [4.69, 9.17) is 0 Å². The van der Waals surface area contributed by atoms with Crippen molar-refractivity contribution in [3.05, 3.63) is 16.4 Å². The highest BCUT2D eigenvalue weighted by atomic mass is 32.1. The summed E-state index contributed by atoms with van der Waals surface area (Å²) in [5.41, 5.74) is 0. The van der Waals surface area contributed by atoms with E-state index in [0.717, 1.165) is 17.6 Å². The molecule has 1 saturated carbocycles. The molecule has 0 spiro atoms. The molecule has 1 heterocycles. The van der Waals surface area contributed by atoms with E-state index >= 15 is 0 Å². The van der Waals surface area contributed by atoms with Gasteiger partial charge in [0.1, 0.15) is 0 Å². The fourth-order valence-corrected chi connectivity index (χ4v) is 2.53. The summed E-state index contributed by atoms with van der Waals surface area (Å²) in [6, 6.07) is 0. The van der Waals surface area contributed by atoms with Crippen LogP contribution in [0.1, 0.15) is 25.7 Å². The maximum absolute atomic E-state index is 11.7. The van der Waals surface area contributed by atoms with Gasteiger partial charge in [-0.2, -0.15) is 4.99 Å². The molecule has 1 aromatic heterocycles. The molecule has 1 aliphatic carbocycles. The van der Waals surface area contributed by atoms with Crippen molar-refractivity contribution in [2.45, 2.75) is 25.7 Å². The van der Waals surface area contributed by atoms with Crippen LogP contribution in [0.2, 0.25) is 0 Å². The quantitative estimate of drug-likeness (QED) is 0.694. The Kier molecular flexibility index (Phi) is 2.82. The van der Waals surface area contributed by atoms with E-state index in [9.17, 15) is 4.79 Å². The van der Waals surface area contributed by atoms with Crippen molar-refractivity contribution in [3.63, 3.8) is 0 Å². The van der Waals surface area contributed by atoms with Gasteiger partial charge in [0.05, 0.1) is 0 Å². The summed E-state index contributed by atoms with van der Waals surface area (Å²) >= 11 is 1.51. The summed E-state index contributed by atoms with van der Waals surface area (Å²) in [5.74, 6) is 0.262. The van der Waals surface area contributed by atoms with Crippen molar-refractivity contribution in [2.24, 2.45) is 18.0 Å². The number of hydrogen-bond acceptors (Lipinski definition) is 2. The highest BCUT2D eigenvalue weighted by molar-refractivity contribution is 7.07. The van der Waals surface area contributed by atoms with Crippen molar-refractivity contribution in [1.82, 2.24) is 4.57 Å². The Bertz CT molecular complexity index is 385. The number of aromatic nitrogens is 1. The zero-order chi connectivity index (χ0) is 9.97. The van der Waals surface area contributed by atoms with Crippen LogP contribution in [-0.4, -0.2) is 10.5 Å². The van der Waals surface area contributed by atoms with Crippen LogP contribution in [0.3, 0.4) is 0 Å². The molecule has 0 saturated heterocycles. The second kappa shape index (κ2) is 4.09. The average Bonchev–Trinajstić information content (AvgIpc) is 2.77. The van der Waals surface area contributed by atoms with Gasteiger partial charge >= 0.3 is 0 Å². The molecule has 4 heteroatoms. The molecular weight excluding hydrogens is 196 g/mol. The number of aryl methyl sites for hydroxylation is 1. The van der Waals surface area contributed by atoms with E-state index in [1.54, 1.807) is 0 Å². The van der Waals surface area contributed by atoms with E-state index in [2.05, 4.69) is 4.99 Å². The van der Waals surface area contributed by atoms with Crippen molar-refractivity contribution in [1.29, 1.82) is 0 Å². The molecule has 1 amide bonds. The molecule has 0 unspecified atom stereocenters. The number of thiazole rings is 1. The van der Waals surface area contributed by atoms with Crippen LogP contribution in [0.25, 0.3) is 0 Å². The lowest BCUT2D eigenvalue weighted by Crippen LogP contribution is -2.16. The van der Waals surface area contributed by atoms with Crippen molar-refractivity contribution < 1.29 is 4.79 Å². The number of carbonyl (C=O) groups excluding carboxylic acids is 1. The summed E-state index contributed by atoms with van der Waals surface area (Å²) in [4.78, 5) is 16.6. The standard InChI is InChI=1S/C10H14N2OS/c1-12-6-7-14-10(12)11-9(13)8-4-2-3-5-8/h6-8H,2-5H2,1H3. The first-order valence-corrected chi connectivity index (χ1v) is 5.84. The van der Waals surface area contributed by atoms with Crippen molar-refractivity contribution >= 4 is 17.2 Å². The fraction of sp³-hybridized carbons (Fsp3) is 0.600. The molecule has 1 fully saturated rings. The average molecular weight is 210 g/mol. The molecule has 0 aromatic carbocycles. The third-order valence-electron chi connectivity index (χ3n) is 2.67. The van der Waals surface area contributed by atoms with Crippen LogP contribution in [0.4, 0.5) is 0 Å². The first kappa shape index (κ1) is 9.65. The maximum atomic E-state index is 11.7. The minimum absolute atomic E-state index is 0.0700. The Labute approximate surface area is 87.1 Å². The largest absolute Gasteiger partial charge is 0.327 e. The molecule has 0 aliphatic heterocycles. The lowest BCUT2D eigenvalue weighted by atomic mass is 10.1. The molecular formula is C10H14N2OS. The molecule has 0 radical (unpaired) electrons. The summed E-state index contributed by atoms with van der Waals surface area (Å²) in [6.07, 6.45) is 6.34. The normalized spacial score (nSPS) is 19.1. The second-order valence-electron chi connectivity index (χ2n) is 3.73. The SMILES string of the molecule is Cn1ccsc1=NC(=O)C1CCCC1. The van der Waals surface area contributed by atoms with Gasteiger partial charge in [0, 0.05) is 24.5 Å². The van der Waals surface area contributed by atoms with Crippen molar-refractivity contribution in [3.8, 4) is 0 Å². The van der Waals surface area contributed by atoms with Gasteiger partial charge in [-0.15, -0.1) is 11.3 Å². The Morgan fingerprint density at radius 2 is 2.29 bits per heavy atom. The van der Waals surface area contributed by atoms with Gasteiger partial charge in [0.15, 0.2) is 4.80 Å². The van der Waals surface area contributed by atoms with Gasteiger partial charge in [-0.05, 0) is 12.8 Å². The van der Waals surface area contributed by atoms with E-state index < -0.39 is 0 Å². The molecule has 2 rings (SSSR count). The molecule has 0 bridgehead atoms. The first-order chi connectivity index (χ1) is 6.77. The fourth-order valence-electron chi connectivity index (χ4n) is 1.79. The van der Waals surface area contributed by atoms with Crippen LogP contribution in [-0.2, 0) is 11.8 Å². The lowest BCUT2D eigenvalue weighted by molar-refractivity contribution is -0.121. The molecule has 0 atom stereocenters. The summed E-state index contributed by atoms with van der Waals surface area (Å²) in [7, 11) is 1.91. The van der Waals surface area contributed by atoms with Crippen LogP contribution in [0.15, 0.2) is 16.6 Å². The summed E-state index contributed by atoms with van der Waals surface area (Å²) < 4.78 is 1.89. The zero-order valence-corrected chi connectivity index (χ0v) is 9.09. The molecule has 1 aliphatic rings. The van der Waals surface area contributed by atoms with Gasteiger partial charge in [0.2, 0.25) is 0 Å². The Balaban J connectivity index is 2.17. The number of carbonyl (C=O) groups is 1. The Hall–Kier alpha value is -0.900. The number of nitrogens with zero attached hydrogens (tertiary/aromatic N) is 2. The predicted octanol–water partition coefficient (Wildman–Crippen LogP) is 1.70. The van der Waals surface area contributed by atoms with E-state index in [1.807, 2.05) is 23.2 Å². The smallest absolute Gasteiger partial charge is 0.251 e. The third-order valence-corrected chi connectivity index (χ3v) is 3.52. The minimum atomic E-state index is 0.0700. The molecule has 14 heavy (non-hydrogen) atoms. The second-order valence-corrected chi connectivity index (χ2v) is 4.60. The highest BCUT2D eigenvalue weighted by Gasteiger charge is 2.21. The van der Waals surface area contributed by atoms with E-state index in [0.29, 0.717) is 0 Å². The maximum Gasteiger partial charge on any atom is 0.251 e. The highest BCUT2D eigenvalue weighted by Crippen LogP contribution is 2.25. The van der Waals surface area contributed by atoms with Gasteiger partial charge in [-0.3, -0.25) is 4.79 Å². The van der Waals surface area contributed by atoms with Crippen LogP contribution in [0, 0.1) is 5.92 Å². The number of amides is 1. The first-order valence-electron chi connectivity index (χ1n) is 4.96. The van der Waals surface area contributed by atoms with E-state index in [1.165, 1.54) is 24.2 Å². The van der Waals surface area contributed by atoms with Gasteiger partial charge in [-0.25, -0.2) is 0 Å². The minimum Gasteiger partial charge on any atom is -0.327 e. The Morgan fingerprint density at radius 3 is 2.86 bits per heavy atom. The predicted molar refractivity (Wildman–Crippen MR) is 55.8 cm³/mol. The van der Waals surface area contributed by atoms with Crippen LogP contribution in [0.5, 0.6) is 0 Å². The number of rotatable bonds is 1. The van der Waals surface area contributed by atoms with Gasteiger partial charge in [-0.1, -0.05) is 12.8 Å². The molecule has 76 valence electrons. The molecule has 0 N–H and O–H groups in total. The van der Waals surface area contributed by atoms with Gasteiger partial charge < -0.3 is 4.57 Å². The zero-order valence-electron chi connectivity index (χ0n) is 8.27. The molecule has 3 nitrogen and oxygen atoms in total. The lowest BCUT2D eigenvalue weighted by Gasteiger charge is -2.00. The summed E-state index contributed by atoms with van der Waals surface area (Å²) in [6.45, 7) is 0. The molecule has 1 aromatic rings. The topological polar surface area (TPSA) is 34.4 Å². The number of hydrogen-bond donors (Lipinski definition) is 0. The Morgan fingerprint density at radius 1 is 1.57 bits per heavy atom. The van der Waals surface area contributed by atoms with Crippen molar-refractivity contribution in [2.75, 3.05) is 0 Å². The van der Waals surface area contributed by atoms with Crippen LogP contribution >= 0.6 is 11.3 Å². The monoisotopic (exact) mass is 210 g/mol.